The molecule has 0 saturated carbocycles. The number of carbonyl (C=O) groups is 1. The van der Waals surface area contributed by atoms with Crippen LogP contribution in [0.2, 0.25) is 0 Å². The second-order valence-electron chi connectivity index (χ2n) is 5.52. The fourth-order valence-electron chi connectivity index (χ4n) is 2.50. The molecule has 126 valence electrons. The molecule has 1 aromatic heterocycles. The minimum atomic E-state index is -0.406. The van der Waals surface area contributed by atoms with Crippen molar-refractivity contribution in [3.05, 3.63) is 47.8 Å². The van der Waals surface area contributed by atoms with Gasteiger partial charge in [-0.2, -0.15) is 5.10 Å². The number of hydrogen-bond donors (Lipinski definition) is 1. The summed E-state index contributed by atoms with van der Waals surface area (Å²) in [5.41, 5.74) is 2.32. The minimum Gasteiger partial charge on any atom is -0.461 e. The summed E-state index contributed by atoms with van der Waals surface area (Å²) in [4.78, 5) is 18.2. The predicted octanol–water partition coefficient (Wildman–Crippen LogP) is 1.44. The van der Waals surface area contributed by atoms with Crippen LogP contribution in [0.25, 0.3) is 5.69 Å². The molecule has 0 amide bonds. The number of ether oxygens (including phenoxy) is 1. The number of likely N-dealkylation sites (N-methyl/N-ethyl adjacent to an activating group) is 1. The van der Waals surface area contributed by atoms with Crippen LogP contribution in [-0.2, 0) is 11.3 Å². The van der Waals surface area contributed by atoms with Crippen molar-refractivity contribution >= 4 is 11.9 Å². The summed E-state index contributed by atoms with van der Waals surface area (Å²) in [5.74, 6) is 0.514. The van der Waals surface area contributed by atoms with Crippen molar-refractivity contribution in [1.29, 1.82) is 0 Å². The Hall–Kier alpha value is -2.83. The molecule has 0 saturated heterocycles. The average molecular weight is 327 g/mol. The van der Waals surface area contributed by atoms with Crippen LogP contribution in [0.4, 0.5) is 0 Å². The van der Waals surface area contributed by atoms with Crippen molar-refractivity contribution in [3.8, 4) is 5.69 Å². The highest BCUT2D eigenvalue weighted by molar-refractivity contribution is 5.87. The molecule has 0 bridgehead atoms. The highest BCUT2D eigenvalue weighted by Crippen LogP contribution is 2.11. The molecule has 0 atom stereocenters. The van der Waals surface area contributed by atoms with E-state index < -0.39 is 5.97 Å². The average Bonchev–Trinajstić information content (AvgIpc) is 3.23. The molecule has 2 aromatic rings. The summed E-state index contributed by atoms with van der Waals surface area (Å²) in [6.45, 7) is 4.58. The Labute approximate surface area is 140 Å². The van der Waals surface area contributed by atoms with Crippen LogP contribution in [0.5, 0.6) is 0 Å². The number of aliphatic imine (C=N–C) groups is 1. The third kappa shape index (κ3) is 3.56. The lowest BCUT2D eigenvalue weighted by Crippen LogP contribution is -2.35. The molecule has 1 N–H and O–H groups in total. The van der Waals surface area contributed by atoms with Gasteiger partial charge in [0.2, 0.25) is 0 Å². The molecule has 1 aliphatic heterocycles. The van der Waals surface area contributed by atoms with Gasteiger partial charge in [0.15, 0.2) is 11.7 Å². The summed E-state index contributed by atoms with van der Waals surface area (Å²) >= 11 is 0. The Bertz CT molecular complexity index is 753. The zero-order valence-corrected chi connectivity index (χ0v) is 13.9. The Balaban J connectivity index is 1.70. The molecule has 1 aromatic carbocycles. The topological polar surface area (TPSA) is 71.8 Å². The van der Waals surface area contributed by atoms with Gasteiger partial charge in [-0.15, -0.1) is 0 Å². The van der Waals surface area contributed by atoms with E-state index in [1.165, 1.54) is 0 Å². The second-order valence-corrected chi connectivity index (χ2v) is 5.52. The van der Waals surface area contributed by atoms with Gasteiger partial charge in [0.05, 0.1) is 18.8 Å². The molecule has 0 unspecified atom stereocenters. The third-order valence-corrected chi connectivity index (χ3v) is 3.76. The number of carbonyl (C=O) groups excluding carboxylic acids is 1. The number of rotatable bonds is 5. The smallest absolute Gasteiger partial charge is 0.358 e. The maximum atomic E-state index is 11.7. The molecular formula is C17H21N5O2. The summed E-state index contributed by atoms with van der Waals surface area (Å²) in [6.07, 6.45) is 1.76. The lowest BCUT2D eigenvalue weighted by atomic mass is 10.2. The van der Waals surface area contributed by atoms with Crippen molar-refractivity contribution in [1.82, 2.24) is 20.0 Å². The van der Waals surface area contributed by atoms with Gasteiger partial charge in [0.25, 0.3) is 0 Å². The summed E-state index contributed by atoms with van der Waals surface area (Å²) < 4.78 is 6.64. The van der Waals surface area contributed by atoms with E-state index >= 15 is 0 Å². The van der Waals surface area contributed by atoms with Crippen LogP contribution in [-0.4, -0.2) is 53.4 Å². The molecule has 0 fully saturated rings. The zero-order valence-electron chi connectivity index (χ0n) is 13.9. The first-order chi connectivity index (χ1) is 11.7. The van der Waals surface area contributed by atoms with Crippen molar-refractivity contribution in [2.45, 2.75) is 13.5 Å². The minimum absolute atomic E-state index is 0.308. The van der Waals surface area contributed by atoms with E-state index in [0.29, 0.717) is 18.8 Å². The first-order valence-corrected chi connectivity index (χ1v) is 7.99. The number of nitrogens with one attached hydrogen (secondary N) is 1. The van der Waals surface area contributed by atoms with E-state index in [4.69, 9.17) is 4.74 Å². The van der Waals surface area contributed by atoms with Crippen LogP contribution < -0.4 is 5.32 Å². The first-order valence-electron chi connectivity index (χ1n) is 7.99. The highest BCUT2D eigenvalue weighted by Gasteiger charge is 2.12. The molecular weight excluding hydrogens is 306 g/mol. The van der Waals surface area contributed by atoms with Crippen molar-refractivity contribution < 1.29 is 9.53 Å². The quantitative estimate of drug-likeness (QED) is 0.842. The van der Waals surface area contributed by atoms with Crippen molar-refractivity contribution in [3.63, 3.8) is 0 Å². The number of guanidine groups is 1. The fourth-order valence-corrected chi connectivity index (χ4v) is 2.50. The van der Waals surface area contributed by atoms with Crippen LogP contribution in [0.1, 0.15) is 23.0 Å². The number of nitrogens with zero attached hydrogens (tertiary/aromatic N) is 4. The van der Waals surface area contributed by atoms with E-state index in [1.54, 1.807) is 23.9 Å². The number of esters is 1. The molecule has 3 rings (SSSR count). The normalized spacial score (nSPS) is 13.8. The maximum absolute atomic E-state index is 11.7. The van der Waals surface area contributed by atoms with Crippen LogP contribution in [0.15, 0.2) is 41.5 Å². The van der Waals surface area contributed by atoms with Gasteiger partial charge in [-0.25, -0.2) is 9.48 Å². The molecule has 0 aliphatic carbocycles. The van der Waals surface area contributed by atoms with E-state index in [-0.39, 0.29) is 0 Å². The number of aromatic nitrogens is 2. The van der Waals surface area contributed by atoms with Crippen LogP contribution in [0, 0.1) is 0 Å². The molecule has 2 heterocycles. The molecule has 1 aliphatic rings. The molecule has 0 radical (unpaired) electrons. The number of hydrogen-bond acceptors (Lipinski definition) is 6. The molecule has 0 spiro atoms. The Kier molecular flexibility index (Phi) is 4.79. The third-order valence-electron chi connectivity index (χ3n) is 3.76. The zero-order chi connectivity index (χ0) is 16.9. The van der Waals surface area contributed by atoms with Gasteiger partial charge in [0, 0.05) is 26.3 Å². The SMILES string of the molecule is CCOC(=O)c1ccn(-c2cccc(CNC3=NCCN3C)c2)n1. The summed E-state index contributed by atoms with van der Waals surface area (Å²) in [5, 5.41) is 7.62. The predicted molar refractivity (Wildman–Crippen MR) is 91.3 cm³/mol. The lowest BCUT2D eigenvalue weighted by Gasteiger charge is -2.15. The van der Waals surface area contributed by atoms with Gasteiger partial charge in [-0.1, -0.05) is 12.1 Å². The summed E-state index contributed by atoms with van der Waals surface area (Å²) in [7, 11) is 2.02. The first kappa shape index (κ1) is 16.0. The number of benzene rings is 1. The van der Waals surface area contributed by atoms with Crippen LogP contribution >= 0.6 is 0 Å². The van der Waals surface area contributed by atoms with Gasteiger partial charge < -0.3 is 15.0 Å². The van der Waals surface area contributed by atoms with Gasteiger partial charge in [-0.05, 0) is 30.7 Å². The van der Waals surface area contributed by atoms with E-state index in [2.05, 4.69) is 20.3 Å². The molecule has 7 nitrogen and oxygen atoms in total. The van der Waals surface area contributed by atoms with Gasteiger partial charge in [0.1, 0.15) is 0 Å². The Morgan fingerprint density at radius 1 is 1.38 bits per heavy atom. The van der Waals surface area contributed by atoms with Gasteiger partial charge in [-0.3, -0.25) is 4.99 Å². The van der Waals surface area contributed by atoms with E-state index in [9.17, 15) is 4.79 Å². The lowest BCUT2D eigenvalue weighted by molar-refractivity contribution is 0.0519. The largest absolute Gasteiger partial charge is 0.461 e. The van der Waals surface area contributed by atoms with Crippen molar-refractivity contribution in [2.75, 3.05) is 26.7 Å². The Morgan fingerprint density at radius 3 is 3.00 bits per heavy atom. The second kappa shape index (κ2) is 7.16. The molecule has 7 heteroatoms. The van der Waals surface area contributed by atoms with Crippen molar-refractivity contribution in [2.24, 2.45) is 4.99 Å². The van der Waals surface area contributed by atoms with Crippen LogP contribution in [0.3, 0.4) is 0 Å². The standard InChI is InChI=1S/C17H21N5O2/c1-3-24-16(23)15-7-9-22(20-15)14-6-4-5-13(11-14)12-19-17-18-8-10-21(17)2/h4-7,9,11H,3,8,10,12H2,1-2H3,(H,18,19). The summed E-state index contributed by atoms with van der Waals surface area (Å²) in [6, 6.07) is 9.65. The maximum Gasteiger partial charge on any atom is 0.358 e. The highest BCUT2D eigenvalue weighted by atomic mass is 16.5. The fraction of sp³-hybridized carbons (Fsp3) is 0.353. The van der Waals surface area contributed by atoms with E-state index in [0.717, 1.165) is 30.3 Å². The van der Waals surface area contributed by atoms with E-state index in [1.807, 2.05) is 31.3 Å². The Morgan fingerprint density at radius 2 is 2.25 bits per heavy atom. The molecule has 24 heavy (non-hydrogen) atoms. The van der Waals surface area contributed by atoms with Gasteiger partial charge >= 0.3 is 5.97 Å². The monoisotopic (exact) mass is 327 g/mol.